The lowest BCUT2D eigenvalue weighted by Crippen LogP contribution is -2.48. The molecule has 0 fully saturated rings. The fourth-order valence-electron chi connectivity index (χ4n) is 2.44. The van der Waals surface area contributed by atoms with Crippen LogP contribution in [0.15, 0.2) is 29.4 Å². The van der Waals surface area contributed by atoms with E-state index in [1.807, 2.05) is 0 Å². The van der Waals surface area contributed by atoms with Gasteiger partial charge in [0.2, 0.25) is 0 Å². The minimum atomic E-state index is -1.14. The fourth-order valence-corrected chi connectivity index (χ4v) is 2.72. The highest BCUT2D eigenvalue weighted by atomic mass is 35.5. The van der Waals surface area contributed by atoms with Gasteiger partial charge in [-0.2, -0.15) is 0 Å². The summed E-state index contributed by atoms with van der Waals surface area (Å²) in [5, 5.41) is 12.2. The lowest BCUT2D eigenvalue weighted by Gasteiger charge is -2.24. The Morgan fingerprint density at radius 2 is 1.86 bits per heavy atom. The molecular formula is C13H9ClN2O5. The number of carbonyl (C=O) groups is 3. The van der Waals surface area contributed by atoms with Gasteiger partial charge in [-0.05, 0) is 12.1 Å². The quantitative estimate of drug-likeness (QED) is 0.843. The Balaban J connectivity index is 1.97. The van der Waals surface area contributed by atoms with Crippen LogP contribution in [0.1, 0.15) is 27.1 Å². The van der Waals surface area contributed by atoms with E-state index in [9.17, 15) is 14.4 Å². The second kappa shape index (κ2) is 4.85. The normalized spacial score (nSPS) is 23.9. The van der Waals surface area contributed by atoms with Crippen LogP contribution >= 0.6 is 11.6 Å². The van der Waals surface area contributed by atoms with Gasteiger partial charge in [-0.25, -0.2) is 0 Å². The number of nitrogens with zero attached hydrogens (tertiary/aromatic N) is 2. The Morgan fingerprint density at radius 1 is 1.29 bits per heavy atom. The third-order valence-corrected chi connectivity index (χ3v) is 3.64. The Labute approximate surface area is 123 Å². The maximum absolute atomic E-state index is 12.4. The third-order valence-electron chi connectivity index (χ3n) is 3.35. The van der Waals surface area contributed by atoms with Crippen LogP contribution < -0.4 is 0 Å². The smallest absolute Gasteiger partial charge is 0.307 e. The van der Waals surface area contributed by atoms with Crippen LogP contribution in [0.2, 0.25) is 0 Å². The molecule has 0 bridgehead atoms. The average Bonchev–Trinajstić information content (AvgIpc) is 2.90. The van der Waals surface area contributed by atoms with Gasteiger partial charge in [-0.3, -0.25) is 19.3 Å². The molecule has 1 N–H and O–H groups in total. The second-order valence-electron chi connectivity index (χ2n) is 4.63. The van der Waals surface area contributed by atoms with Gasteiger partial charge in [-0.15, -0.1) is 0 Å². The van der Waals surface area contributed by atoms with Crippen molar-refractivity contribution in [3.8, 4) is 0 Å². The molecule has 108 valence electrons. The highest BCUT2D eigenvalue weighted by Crippen LogP contribution is 2.30. The molecule has 21 heavy (non-hydrogen) atoms. The van der Waals surface area contributed by atoms with Crippen molar-refractivity contribution in [1.82, 2.24) is 4.90 Å². The Bertz CT molecular complexity index is 652. The van der Waals surface area contributed by atoms with Gasteiger partial charge in [0, 0.05) is 0 Å². The highest BCUT2D eigenvalue weighted by molar-refractivity contribution is 6.67. The number of hydrogen-bond donors (Lipinski definition) is 1. The molecule has 2 aliphatic heterocycles. The summed E-state index contributed by atoms with van der Waals surface area (Å²) in [5.41, 5.74) is 0.515. The summed E-state index contributed by atoms with van der Waals surface area (Å²) in [6.45, 7) is 0. The first-order valence-corrected chi connectivity index (χ1v) is 6.46. The summed E-state index contributed by atoms with van der Waals surface area (Å²) >= 11 is 5.90. The summed E-state index contributed by atoms with van der Waals surface area (Å²) < 4.78 is 0. The molecule has 0 radical (unpaired) electrons. The molecule has 1 aromatic carbocycles. The molecule has 2 atom stereocenters. The molecule has 0 saturated carbocycles. The van der Waals surface area contributed by atoms with Crippen molar-refractivity contribution in [2.75, 3.05) is 0 Å². The van der Waals surface area contributed by atoms with Crippen LogP contribution in [0.25, 0.3) is 0 Å². The molecule has 0 aromatic heterocycles. The van der Waals surface area contributed by atoms with Gasteiger partial charge in [0.25, 0.3) is 11.8 Å². The Morgan fingerprint density at radius 3 is 2.38 bits per heavy atom. The van der Waals surface area contributed by atoms with Crippen molar-refractivity contribution in [3.05, 3.63) is 35.4 Å². The monoisotopic (exact) mass is 308 g/mol. The summed E-state index contributed by atoms with van der Waals surface area (Å²) in [6, 6.07) is 5.33. The van der Waals surface area contributed by atoms with Crippen LogP contribution in [0.4, 0.5) is 0 Å². The topological polar surface area (TPSA) is 96.3 Å². The summed E-state index contributed by atoms with van der Waals surface area (Å²) in [5.74, 6) is -2.20. The number of aliphatic carboxylic acids is 1. The minimum Gasteiger partial charge on any atom is -0.481 e. The molecule has 7 nitrogen and oxygen atoms in total. The number of halogens is 1. The van der Waals surface area contributed by atoms with E-state index < -0.39 is 36.4 Å². The van der Waals surface area contributed by atoms with Crippen LogP contribution in [0.5, 0.6) is 0 Å². The van der Waals surface area contributed by atoms with Crippen LogP contribution in [0, 0.1) is 0 Å². The number of carbonyl (C=O) groups excluding carboxylic acids is 2. The highest BCUT2D eigenvalue weighted by Gasteiger charge is 2.48. The molecule has 1 aromatic rings. The van der Waals surface area contributed by atoms with Crippen molar-refractivity contribution in [1.29, 1.82) is 0 Å². The minimum absolute atomic E-state index is 0.115. The van der Waals surface area contributed by atoms with Gasteiger partial charge in [-0.1, -0.05) is 28.9 Å². The zero-order valence-electron chi connectivity index (χ0n) is 10.5. The molecule has 2 aliphatic rings. The van der Waals surface area contributed by atoms with Crippen molar-refractivity contribution in [2.24, 2.45) is 5.16 Å². The van der Waals surface area contributed by atoms with E-state index in [-0.39, 0.29) is 16.3 Å². The first-order chi connectivity index (χ1) is 10.0. The number of hydrogen-bond acceptors (Lipinski definition) is 5. The number of carboxylic acid groups (broad SMARTS) is 1. The largest absolute Gasteiger partial charge is 0.481 e. The van der Waals surface area contributed by atoms with Crippen molar-refractivity contribution < 1.29 is 24.3 Å². The average molecular weight is 309 g/mol. The van der Waals surface area contributed by atoms with Gasteiger partial charge in [0.15, 0.2) is 11.3 Å². The zero-order chi connectivity index (χ0) is 15.1. The predicted octanol–water partition coefficient (Wildman–Crippen LogP) is 1.08. The van der Waals surface area contributed by atoms with Crippen LogP contribution in [-0.4, -0.2) is 45.1 Å². The molecule has 3 rings (SSSR count). The predicted molar refractivity (Wildman–Crippen MR) is 71.1 cm³/mol. The van der Waals surface area contributed by atoms with E-state index in [0.29, 0.717) is 0 Å². The van der Waals surface area contributed by atoms with Crippen molar-refractivity contribution >= 4 is 34.6 Å². The van der Waals surface area contributed by atoms with E-state index in [2.05, 4.69) is 5.16 Å². The molecule has 0 aliphatic carbocycles. The summed E-state index contributed by atoms with van der Waals surface area (Å²) in [6.07, 6.45) is -1.41. The van der Waals surface area contributed by atoms with Gasteiger partial charge in [0.1, 0.15) is 6.04 Å². The number of imide groups is 1. The van der Waals surface area contributed by atoms with Gasteiger partial charge >= 0.3 is 5.97 Å². The lowest BCUT2D eigenvalue weighted by atomic mass is 10.1. The molecular weight excluding hydrogens is 300 g/mol. The molecule has 8 heteroatoms. The van der Waals surface area contributed by atoms with Crippen molar-refractivity contribution in [2.45, 2.75) is 18.6 Å². The maximum atomic E-state index is 12.4. The molecule has 0 spiro atoms. The first-order valence-electron chi connectivity index (χ1n) is 6.08. The molecule has 0 saturated heterocycles. The number of oxime groups is 1. The number of rotatable bonds is 3. The van der Waals surface area contributed by atoms with E-state index in [0.717, 1.165) is 4.90 Å². The molecule has 0 unspecified atom stereocenters. The number of benzene rings is 1. The second-order valence-corrected chi connectivity index (χ2v) is 5.01. The standard InChI is InChI=1S/C13H9ClN2O5/c14-11-10(8(21-15-11)5-9(17)18)16-12(19)6-3-1-2-4-7(6)13(16)20/h1-4,8,10H,5H2,(H,17,18)/t8-,10-/m0/s1. The van der Waals surface area contributed by atoms with Crippen molar-refractivity contribution in [3.63, 3.8) is 0 Å². The summed E-state index contributed by atoms with van der Waals surface area (Å²) in [4.78, 5) is 41.4. The third kappa shape index (κ3) is 2.06. The molecule has 2 heterocycles. The lowest BCUT2D eigenvalue weighted by molar-refractivity contribution is -0.140. The molecule has 2 amide bonds. The summed E-state index contributed by atoms with van der Waals surface area (Å²) in [7, 11) is 0. The maximum Gasteiger partial charge on any atom is 0.307 e. The van der Waals surface area contributed by atoms with E-state index in [1.165, 1.54) is 12.1 Å². The van der Waals surface area contributed by atoms with E-state index in [1.54, 1.807) is 12.1 Å². The van der Waals surface area contributed by atoms with E-state index >= 15 is 0 Å². The van der Waals surface area contributed by atoms with Crippen LogP contribution in [-0.2, 0) is 9.63 Å². The van der Waals surface area contributed by atoms with Crippen LogP contribution in [0.3, 0.4) is 0 Å². The van der Waals surface area contributed by atoms with Gasteiger partial charge in [0.05, 0.1) is 17.5 Å². The number of fused-ring (bicyclic) bond motifs is 1. The first kappa shape index (κ1) is 13.6. The SMILES string of the molecule is O=C(O)C[C@@H]1ON=C(Cl)[C@H]1N1C(=O)c2ccccc2C1=O. The Kier molecular flexibility index (Phi) is 3.13. The number of carboxylic acids is 1. The zero-order valence-corrected chi connectivity index (χ0v) is 11.3. The fraction of sp³-hybridized carbons (Fsp3) is 0.231. The van der Waals surface area contributed by atoms with Gasteiger partial charge < -0.3 is 9.94 Å². The number of amides is 2. The Hall–Kier alpha value is -2.41. The van der Waals surface area contributed by atoms with E-state index in [4.69, 9.17) is 21.5 Å².